The predicted octanol–water partition coefficient (Wildman–Crippen LogP) is 4.50. The van der Waals surface area contributed by atoms with E-state index in [1.54, 1.807) is 35.2 Å². The molecule has 0 saturated carbocycles. The topological polar surface area (TPSA) is 57.7 Å². The van der Waals surface area contributed by atoms with E-state index < -0.39 is 15.8 Å². The standard InChI is InChI=1S/C27H29FN2O3S/c28-25-13-11-24(12-14-25)20-30(34(32,33)26-9-5-2-6-10-26)21-27(31)29-17-15-23(16-18-29)19-22-7-3-1-4-8-22/h1-14,23H,15-21H2. The van der Waals surface area contributed by atoms with E-state index in [4.69, 9.17) is 0 Å². The summed E-state index contributed by atoms with van der Waals surface area (Å²) >= 11 is 0. The molecule has 3 aromatic carbocycles. The molecule has 0 unspecified atom stereocenters. The van der Waals surface area contributed by atoms with Crippen molar-refractivity contribution in [2.24, 2.45) is 5.92 Å². The second-order valence-corrected chi connectivity index (χ2v) is 10.7. The van der Waals surface area contributed by atoms with Crippen molar-refractivity contribution < 1.29 is 17.6 Å². The molecule has 1 heterocycles. The maximum Gasteiger partial charge on any atom is 0.243 e. The first-order chi connectivity index (χ1) is 16.4. The van der Waals surface area contributed by atoms with Gasteiger partial charge in [0.15, 0.2) is 0 Å². The summed E-state index contributed by atoms with van der Waals surface area (Å²) in [6.45, 7) is 0.976. The van der Waals surface area contributed by atoms with Gasteiger partial charge in [-0.25, -0.2) is 12.8 Å². The highest BCUT2D eigenvalue weighted by Crippen LogP contribution is 2.23. The quantitative estimate of drug-likeness (QED) is 0.477. The van der Waals surface area contributed by atoms with E-state index in [0.717, 1.165) is 19.3 Å². The average molecular weight is 481 g/mol. The number of carbonyl (C=O) groups is 1. The van der Waals surface area contributed by atoms with Gasteiger partial charge in [0.05, 0.1) is 11.4 Å². The molecule has 0 aromatic heterocycles. The van der Waals surface area contributed by atoms with Crippen molar-refractivity contribution in [3.63, 3.8) is 0 Å². The smallest absolute Gasteiger partial charge is 0.243 e. The second-order valence-electron chi connectivity index (χ2n) is 8.73. The minimum Gasteiger partial charge on any atom is -0.342 e. The maximum atomic E-state index is 13.4. The van der Waals surface area contributed by atoms with Crippen LogP contribution in [0.5, 0.6) is 0 Å². The van der Waals surface area contributed by atoms with Gasteiger partial charge in [-0.15, -0.1) is 0 Å². The van der Waals surface area contributed by atoms with Gasteiger partial charge in [0.2, 0.25) is 15.9 Å². The zero-order valence-electron chi connectivity index (χ0n) is 19.0. The average Bonchev–Trinajstić information content (AvgIpc) is 2.86. The third-order valence-corrected chi connectivity index (χ3v) is 8.11. The molecule has 1 aliphatic heterocycles. The van der Waals surface area contributed by atoms with Crippen LogP contribution in [0.25, 0.3) is 0 Å². The Bertz CT molecular complexity index is 1180. The Morgan fingerprint density at radius 3 is 2.06 bits per heavy atom. The molecule has 5 nitrogen and oxygen atoms in total. The zero-order valence-corrected chi connectivity index (χ0v) is 19.8. The molecule has 0 radical (unpaired) electrons. The minimum absolute atomic E-state index is 0.00623. The van der Waals surface area contributed by atoms with Gasteiger partial charge < -0.3 is 4.90 Å². The molecule has 0 spiro atoms. The first kappa shape index (κ1) is 24.1. The van der Waals surface area contributed by atoms with Gasteiger partial charge in [-0.2, -0.15) is 4.31 Å². The Balaban J connectivity index is 1.44. The molecule has 178 valence electrons. The summed E-state index contributed by atoms with van der Waals surface area (Å²) in [6.07, 6.45) is 2.77. The minimum atomic E-state index is -3.90. The third-order valence-electron chi connectivity index (χ3n) is 6.30. The van der Waals surface area contributed by atoms with E-state index in [-0.39, 0.29) is 23.9 Å². The van der Waals surface area contributed by atoms with E-state index in [1.807, 2.05) is 18.2 Å². The van der Waals surface area contributed by atoms with Crippen LogP contribution >= 0.6 is 0 Å². The van der Waals surface area contributed by atoms with Crippen molar-refractivity contribution in [2.75, 3.05) is 19.6 Å². The molecule has 1 amide bonds. The fourth-order valence-corrected chi connectivity index (χ4v) is 5.74. The number of sulfonamides is 1. The van der Waals surface area contributed by atoms with E-state index in [9.17, 15) is 17.6 Å². The monoisotopic (exact) mass is 480 g/mol. The van der Waals surface area contributed by atoms with Gasteiger partial charge >= 0.3 is 0 Å². The number of halogens is 1. The fourth-order valence-electron chi connectivity index (χ4n) is 4.35. The molecule has 4 rings (SSSR count). The number of likely N-dealkylation sites (tertiary alicyclic amines) is 1. The Kier molecular flexibility index (Phi) is 7.75. The third kappa shape index (κ3) is 6.10. The summed E-state index contributed by atoms with van der Waals surface area (Å²) in [5, 5.41) is 0. The maximum absolute atomic E-state index is 13.4. The Hall–Kier alpha value is -3.03. The number of hydrogen-bond donors (Lipinski definition) is 0. The molecular weight excluding hydrogens is 451 g/mol. The lowest BCUT2D eigenvalue weighted by atomic mass is 9.90. The van der Waals surface area contributed by atoms with Crippen molar-refractivity contribution in [2.45, 2.75) is 30.7 Å². The van der Waals surface area contributed by atoms with Crippen molar-refractivity contribution in [3.05, 3.63) is 102 Å². The van der Waals surface area contributed by atoms with E-state index >= 15 is 0 Å². The van der Waals surface area contributed by atoms with E-state index in [1.165, 1.54) is 34.1 Å². The number of nitrogens with zero attached hydrogens (tertiary/aromatic N) is 2. The normalized spacial score (nSPS) is 14.9. The van der Waals surface area contributed by atoms with Crippen LogP contribution in [0, 0.1) is 11.7 Å². The number of hydrogen-bond acceptors (Lipinski definition) is 3. The highest BCUT2D eigenvalue weighted by molar-refractivity contribution is 7.89. The summed E-state index contributed by atoms with van der Waals surface area (Å²) in [4.78, 5) is 15.1. The Morgan fingerprint density at radius 1 is 0.853 bits per heavy atom. The lowest BCUT2D eigenvalue weighted by Crippen LogP contribution is -2.45. The van der Waals surface area contributed by atoms with Gasteiger partial charge in [0.25, 0.3) is 0 Å². The zero-order chi connectivity index (χ0) is 24.0. The summed E-state index contributed by atoms with van der Waals surface area (Å²) < 4.78 is 41.3. The van der Waals surface area contributed by atoms with Gasteiger partial charge in [0, 0.05) is 19.6 Å². The van der Waals surface area contributed by atoms with Gasteiger partial charge in [0.1, 0.15) is 5.82 Å². The summed E-state index contributed by atoms with van der Waals surface area (Å²) in [5.41, 5.74) is 1.92. The van der Waals surface area contributed by atoms with Crippen molar-refractivity contribution in [1.29, 1.82) is 0 Å². The van der Waals surface area contributed by atoms with Gasteiger partial charge in [-0.3, -0.25) is 4.79 Å². The number of amides is 1. The van der Waals surface area contributed by atoms with Crippen LogP contribution in [0.15, 0.2) is 89.8 Å². The van der Waals surface area contributed by atoms with Crippen molar-refractivity contribution >= 4 is 15.9 Å². The van der Waals surface area contributed by atoms with Gasteiger partial charge in [-0.05, 0) is 60.6 Å². The molecular formula is C27H29FN2O3S. The number of rotatable bonds is 8. The van der Waals surface area contributed by atoms with Crippen LogP contribution in [0.3, 0.4) is 0 Å². The second kappa shape index (κ2) is 10.9. The van der Waals surface area contributed by atoms with E-state index in [2.05, 4.69) is 12.1 Å². The molecule has 7 heteroatoms. The number of carbonyl (C=O) groups excluding carboxylic acids is 1. The molecule has 0 bridgehead atoms. The first-order valence-electron chi connectivity index (χ1n) is 11.5. The molecule has 1 saturated heterocycles. The summed E-state index contributed by atoms with van der Waals surface area (Å²) in [7, 11) is -3.90. The molecule has 0 N–H and O–H groups in total. The Morgan fingerprint density at radius 2 is 1.44 bits per heavy atom. The molecule has 0 aliphatic carbocycles. The fraction of sp³-hybridized carbons (Fsp3) is 0.296. The van der Waals surface area contributed by atoms with Crippen molar-refractivity contribution in [1.82, 2.24) is 9.21 Å². The molecule has 1 fully saturated rings. The summed E-state index contributed by atoms with van der Waals surface area (Å²) in [6, 6.07) is 24.1. The largest absolute Gasteiger partial charge is 0.342 e. The van der Waals surface area contributed by atoms with Gasteiger partial charge in [-0.1, -0.05) is 60.7 Å². The highest BCUT2D eigenvalue weighted by Gasteiger charge is 2.30. The van der Waals surface area contributed by atoms with Crippen molar-refractivity contribution in [3.8, 4) is 0 Å². The van der Waals surface area contributed by atoms with Crippen LogP contribution < -0.4 is 0 Å². The Labute approximate surface area is 200 Å². The predicted molar refractivity (Wildman–Crippen MR) is 130 cm³/mol. The highest BCUT2D eigenvalue weighted by atomic mass is 32.2. The van der Waals surface area contributed by atoms with Crippen LogP contribution in [0.1, 0.15) is 24.0 Å². The SMILES string of the molecule is O=C(CN(Cc1ccc(F)cc1)S(=O)(=O)c1ccccc1)N1CCC(Cc2ccccc2)CC1. The van der Waals surface area contributed by atoms with Crippen LogP contribution in [-0.2, 0) is 27.8 Å². The van der Waals surface area contributed by atoms with Crippen LogP contribution in [-0.4, -0.2) is 43.2 Å². The lowest BCUT2D eigenvalue weighted by molar-refractivity contribution is -0.132. The summed E-state index contributed by atoms with van der Waals surface area (Å²) in [5.74, 6) is -0.0923. The molecule has 0 atom stereocenters. The molecule has 3 aromatic rings. The van der Waals surface area contributed by atoms with Crippen LogP contribution in [0.4, 0.5) is 4.39 Å². The number of piperidine rings is 1. The first-order valence-corrected chi connectivity index (χ1v) is 13.0. The van der Waals surface area contributed by atoms with Crippen LogP contribution in [0.2, 0.25) is 0 Å². The van der Waals surface area contributed by atoms with E-state index in [0.29, 0.717) is 24.6 Å². The molecule has 34 heavy (non-hydrogen) atoms. The lowest BCUT2D eigenvalue weighted by Gasteiger charge is -2.33. The number of benzene rings is 3. The molecule has 1 aliphatic rings.